The molecule has 4 heteroatoms. The summed E-state index contributed by atoms with van der Waals surface area (Å²) in [5.41, 5.74) is 17.7. The van der Waals surface area contributed by atoms with E-state index in [1.54, 1.807) is 0 Å². The van der Waals surface area contributed by atoms with Crippen molar-refractivity contribution in [3.05, 3.63) is 180 Å². The van der Waals surface area contributed by atoms with Gasteiger partial charge in [0.2, 0.25) is 0 Å². The highest BCUT2D eigenvalue weighted by atomic mass is 15.2. The Morgan fingerprint density at radius 2 is 1.00 bits per heavy atom. The summed E-state index contributed by atoms with van der Waals surface area (Å²) in [5, 5.41) is 2.57. The second-order valence-corrected chi connectivity index (χ2v) is 15.7. The van der Waals surface area contributed by atoms with E-state index in [4.69, 9.17) is 0 Å². The molecule has 0 saturated carbocycles. The largest absolute Gasteiger partial charge is 0.376 e. The highest BCUT2D eigenvalue weighted by Gasteiger charge is 2.49. The maximum atomic E-state index is 2.72. The average Bonchev–Trinajstić information content (AvgIpc) is 3.52. The SMILES string of the molecule is CC1(C)c2ccccc2N2c3ccccc3B(N3c4ccccc4C(C)(C)c4ccc5c(c43)c3ccccc3n5-c3ccccc3)c3cccc1c32. The van der Waals surface area contributed by atoms with Crippen molar-refractivity contribution in [3.8, 4) is 5.69 Å². The second kappa shape index (κ2) is 10.3. The Hall–Kier alpha value is -6.00. The number of benzene rings is 7. The normalized spacial score (nSPS) is 15.9. The van der Waals surface area contributed by atoms with Gasteiger partial charge in [0.05, 0.1) is 16.7 Å². The van der Waals surface area contributed by atoms with Crippen LogP contribution in [0.3, 0.4) is 0 Å². The Morgan fingerprint density at radius 1 is 0.423 bits per heavy atom. The molecule has 0 amide bonds. The Bertz CT molecular complexity index is 2770. The summed E-state index contributed by atoms with van der Waals surface area (Å²) in [6, 6.07) is 58.9. The van der Waals surface area contributed by atoms with Gasteiger partial charge in [-0.25, -0.2) is 0 Å². The minimum Gasteiger partial charge on any atom is -0.376 e. The molecule has 248 valence electrons. The lowest BCUT2D eigenvalue weighted by atomic mass is 9.44. The molecule has 3 nitrogen and oxygen atoms in total. The molecule has 4 heterocycles. The summed E-state index contributed by atoms with van der Waals surface area (Å²) in [7, 11) is 0. The van der Waals surface area contributed by atoms with Crippen LogP contribution in [0.15, 0.2) is 158 Å². The summed E-state index contributed by atoms with van der Waals surface area (Å²) >= 11 is 0. The van der Waals surface area contributed by atoms with Crippen LogP contribution in [0.4, 0.5) is 28.4 Å². The molecule has 0 unspecified atom stereocenters. The Morgan fingerprint density at radius 3 is 1.79 bits per heavy atom. The van der Waals surface area contributed by atoms with Gasteiger partial charge in [-0.05, 0) is 75.6 Å². The third-order valence-corrected chi connectivity index (χ3v) is 12.4. The minimum atomic E-state index is -0.218. The van der Waals surface area contributed by atoms with E-state index >= 15 is 0 Å². The van der Waals surface area contributed by atoms with Gasteiger partial charge in [0.15, 0.2) is 0 Å². The van der Waals surface area contributed by atoms with Crippen LogP contribution in [0.2, 0.25) is 0 Å². The zero-order chi connectivity index (χ0) is 34.9. The maximum Gasteiger partial charge on any atom is 0.332 e. The van der Waals surface area contributed by atoms with Gasteiger partial charge in [-0.15, -0.1) is 0 Å². The van der Waals surface area contributed by atoms with Gasteiger partial charge in [-0.2, -0.15) is 0 Å². The third kappa shape index (κ3) is 3.67. The molecule has 1 aromatic heterocycles. The monoisotopic (exact) mass is 667 g/mol. The lowest BCUT2D eigenvalue weighted by molar-refractivity contribution is 0.632. The topological polar surface area (TPSA) is 11.4 Å². The van der Waals surface area contributed by atoms with Crippen molar-refractivity contribution in [1.82, 2.24) is 4.57 Å². The molecule has 3 aliphatic heterocycles. The van der Waals surface area contributed by atoms with Crippen molar-refractivity contribution in [2.45, 2.75) is 38.5 Å². The molecule has 0 radical (unpaired) electrons. The summed E-state index contributed by atoms with van der Waals surface area (Å²) < 4.78 is 2.46. The molecule has 8 aromatic rings. The zero-order valence-electron chi connectivity index (χ0n) is 29.9. The molecular formula is C48H38BN3. The molecular weight excluding hydrogens is 629 g/mol. The Kier molecular flexibility index (Phi) is 5.88. The highest BCUT2D eigenvalue weighted by molar-refractivity contribution is 6.92. The van der Waals surface area contributed by atoms with Crippen LogP contribution in [0.25, 0.3) is 27.5 Å². The maximum absolute atomic E-state index is 2.72. The van der Waals surface area contributed by atoms with Crippen molar-refractivity contribution < 1.29 is 0 Å². The summed E-state index contributed by atoms with van der Waals surface area (Å²) in [4.78, 5) is 5.28. The van der Waals surface area contributed by atoms with Gasteiger partial charge >= 0.3 is 6.85 Å². The number of para-hydroxylation sites is 6. The number of rotatable bonds is 2. The van der Waals surface area contributed by atoms with E-state index < -0.39 is 0 Å². The fraction of sp³-hybridized carbons (Fsp3) is 0.125. The van der Waals surface area contributed by atoms with Gasteiger partial charge in [0, 0.05) is 50.0 Å². The molecule has 0 saturated heterocycles. The molecule has 0 fully saturated rings. The third-order valence-electron chi connectivity index (χ3n) is 12.4. The van der Waals surface area contributed by atoms with Crippen LogP contribution in [0.1, 0.15) is 49.9 Å². The zero-order valence-corrected chi connectivity index (χ0v) is 29.9. The van der Waals surface area contributed by atoms with Crippen molar-refractivity contribution in [3.63, 3.8) is 0 Å². The fourth-order valence-corrected chi connectivity index (χ4v) is 10.0. The number of anilines is 5. The first kappa shape index (κ1) is 29.7. The van der Waals surface area contributed by atoms with E-state index in [1.807, 2.05) is 0 Å². The molecule has 3 aliphatic rings. The van der Waals surface area contributed by atoms with E-state index in [0.717, 1.165) is 0 Å². The lowest BCUT2D eigenvalue weighted by Gasteiger charge is -2.50. The van der Waals surface area contributed by atoms with Crippen LogP contribution in [0, 0.1) is 0 Å². The predicted molar refractivity (Wildman–Crippen MR) is 220 cm³/mol. The van der Waals surface area contributed by atoms with E-state index in [-0.39, 0.29) is 17.7 Å². The number of aromatic nitrogens is 1. The molecule has 11 rings (SSSR count). The number of nitrogens with zero attached hydrogens (tertiary/aromatic N) is 3. The van der Waals surface area contributed by atoms with Gasteiger partial charge in [-0.1, -0.05) is 143 Å². The first-order valence-electron chi connectivity index (χ1n) is 18.5. The highest BCUT2D eigenvalue weighted by Crippen LogP contribution is 2.56. The second-order valence-electron chi connectivity index (χ2n) is 15.7. The first-order chi connectivity index (χ1) is 25.4. The van der Waals surface area contributed by atoms with Crippen molar-refractivity contribution in [2.24, 2.45) is 0 Å². The van der Waals surface area contributed by atoms with Crippen LogP contribution >= 0.6 is 0 Å². The summed E-state index contributed by atoms with van der Waals surface area (Å²) in [6.45, 7) is 9.54. The summed E-state index contributed by atoms with van der Waals surface area (Å²) in [6.07, 6.45) is 0. The van der Waals surface area contributed by atoms with E-state index in [1.165, 1.54) is 89.1 Å². The smallest absolute Gasteiger partial charge is 0.332 e. The van der Waals surface area contributed by atoms with Gasteiger partial charge in [0.25, 0.3) is 0 Å². The van der Waals surface area contributed by atoms with Crippen LogP contribution in [-0.2, 0) is 10.8 Å². The van der Waals surface area contributed by atoms with E-state index in [9.17, 15) is 0 Å². The molecule has 0 N–H and O–H groups in total. The molecule has 52 heavy (non-hydrogen) atoms. The number of hydrogen-bond acceptors (Lipinski definition) is 2. The fourth-order valence-electron chi connectivity index (χ4n) is 10.0. The number of hydrogen-bond donors (Lipinski definition) is 0. The lowest BCUT2D eigenvalue weighted by Crippen LogP contribution is -2.61. The van der Waals surface area contributed by atoms with Crippen molar-refractivity contribution in [1.29, 1.82) is 0 Å². The van der Waals surface area contributed by atoms with Gasteiger partial charge in [-0.3, -0.25) is 0 Å². The van der Waals surface area contributed by atoms with Gasteiger partial charge < -0.3 is 14.3 Å². The molecule has 0 spiro atoms. The quantitative estimate of drug-likeness (QED) is 0.170. The summed E-state index contributed by atoms with van der Waals surface area (Å²) in [5.74, 6) is 0. The molecule has 7 aromatic carbocycles. The van der Waals surface area contributed by atoms with Crippen LogP contribution < -0.4 is 20.6 Å². The van der Waals surface area contributed by atoms with Gasteiger partial charge in [0.1, 0.15) is 0 Å². The molecule has 0 atom stereocenters. The Labute approximate surface area is 305 Å². The Balaban J connectivity index is 1.29. The van der Waals surface area contributed by atoms with Crippen LogP contribution in [0.5, 0.6) is 0 Å². The van der Waals surface area contributed by atoms with Crippen LogP contribution in [-0.4, -0.2) is 11.4 Å². The first-order valence-corrected chi connectivity index (χ1v) is 18.5. The predicted octanol–water partition coefficient (Wildman–Crippen LogP) is 10.8. The number of fused-ring (bicyclic) bond motifs is 10. The standard InChI is InChI=1S/C48H38BN3/c1-47(2)33-20-9-13-26-40(33)51-42-28-15-11-23-37(42)49(38-24-16-22-35(47)45(38)51)52-41-27-14-10-21-34(41)48(3,4)36-29-30-43-44(46(36)52)32-19-8-12-25-39(32)50(43)31-17-6-5-7-18-31/h5-30H,1-4H3. The molecule has 0 bridgehead atoms. The van der Waals surface area contributed by atoms with E-state index in [0.29, 0.717) is 0 Å². The minimum absolute atomic E-state index is 0.0658. The molecule has 0 aliphatic carbocycles. The van der Waals surface area contributed by atoms with E-state index in [2.05, 4.69) is 200 Å². The van der Waals surface area contributed by atoms with Crippen molar-refractivity contribution >= 4 is 68.0 Å². The average molecular weight is 668 g/mol. The van der Waals surface area contributed by atoms with Crippen molar-refractivity contribution in [2.75, 3.05) is 9.71 Å².